The molecule has 2 rings (SSSR count). The monoisotopic (exact) mass is 282 g/mol. The van der Waals surface area contributed by atoms with Crippen LogP contribution in [0.4, 0.5) is 8.78 Å². The first-order chi connectivity index (χ1) is 9.08. The zero-order valence-corrected chi connectivity index (χ0v) is 11.0. The summed E-state index contributed by atoms with van der Waals surface area (Å²) in [6.45, 7) is 1.92. The van der Waals surface area contributed by atoms with Crippen molar-refractivity contribution in [1.82, 2.24) is 0 Å². The fraction of sp³-hybridized carbons (Fsp3) is 0.214. The summed E-state index contributed by atoms with van der Waals surface area (Å²) in [5.41, 5.74) is 0.109. The molecule has 1 unspecified atom stereocenters. The van der Waals surface area contributed by atoms with Gasteiger partial charge in [-0.25, -0.2) is 8.78 Å². The first-order valence-corrected chi connectivity index (χ1v) is 6.59. The van der Waals surface area contributed by atoms with Gasteiger partial charge in [-0.2, -0.15) is 0 Å². The molecule has 100 valence electrons. The van der Waals surface area contributed by atoms with Crippen LogP contribution < -0.4 is 0 Å². The van der Waals surface area contributed by atoms with E-state index in [-0.39, 0.29) is 11.3 Å². The molecule has 0 N–H and O–H groups in total. The molecule has 0 saturated heterocycles. The molecule has 0 saturated carbocycles. The van der Waals surface area contributed by atoms with Gasteiger partial charge in [-0.1, -0.05) is 6.07 Å². The molecule has 0 spiro atoms. The molecule has 0 radical (unpaired) electrons. The van der Waals surface area contributed by atoms with Gasteiger partial charge in [0.05, 0.1) is 6.61 Å². The number of ketones is 1. The Morgan fingerprint density at radius 3 is 2.74 bits per heavy atom. The third kappa shape index (κ3) is 3.45. The van der Waals surface area contributed by atoms with Crippen molar-refractivity contribution in [1.29, 1.82) is 0 Å². The highest BCUT2D eigenvalue weighted by Crippen LogP contribution is 2.15. The van der Waals surface area contributed by atoms with Gasteiger partial charge in [0.25, 0.3) is 0 Å². The summed E-state index contributed by atoms with van der Waals surface area (Å²) in [6.07, 6.45) is -0.702. The molecular formula is C14H12F2O2S. The summed E-state index contributed by atoms with van der Waals surface area (Å²) < 4.78 is 31.2. The fourth-order valence-electron chi connectivity index (χ4n) is 1.56. The summed E-state index contributed by atoms with van der Waals surface area (Å²) in [5, 5.41) is 1.92. The Hall–Kier alpha value is -1.59. The van der Waals surface area contributed by atoms with Crippen LogP contribution in [0.2, 0.25) is 0 Å². The van der Waals surface area contributed by atoms with Gasteiger partial charge < -0.3 is 4.74 Å². The number of carbonyl (C=O) groups is 1. The highest BCUT2D eigenvalue weighted by molar-refractivity contribution is 7.09. The SMILES string of the molecule is CC(OCc1cccs1)C(=O)c1ccc(F)c(F)c1. The summed E-state index contributed by atoms with van der Waals surface area (Å²) in [7, 11) is 0. The Morgan fingerprint density at radius 2 is 2.11 bits per heavy atom. The van der Waals surface area contributed by atoms with Gasteiger partial charge in [0.1, 0.15) is 6.10 Å². The number of benzene rings is 1. The molecule has 19 heavy (non-hydrogen) atoms. The number of thiophene rings is 1. The Balaban J connectivity index is 2.00. The smallest absolute Gasteiger partial charge is 0.191 e. The van der Waals surface area contributed by atoms with Crippen LogP contribution in [-0.2, 0) is 11.3 Å². The lowest BCUT2D eigenvalue weighted by molar-refractivity contribution is 0.0420. The molecule has 0 aliphatic rings. The molecule has 1 heterocycles. The van der Waals surface area contributed by atoms with E-state index in [1.165, 1.54) is 17.4 Å². The van der Waals surface area contributed by atoms with Crippen molar-refractivity contribution in [2.24, 2.45) is 0 Å². The molecule has 1 aromatic heterocycles. The van der Waals surface area contributed by atoms with E-state index < -0.39 is 17.7 Å². The minimum absolute atomic E-state index is 0.109. The lowest BCUT2D eigenvalue weighted by atomic mass is 10.1. The molecule has 2 aromatic rings. The van der Waals surface area contributed by atoms with Gasteiger partial charge in [0, 0.05) is 10.4 Å². The van der Waals surface area contributed by atoms with Crippen molar-refractivity contribution in [3.8, 4) is 0 Å². The topological polar surface area (TPSA) is 26.3 Å². The van der Waals surface area contributed by atoms with E-state index in [0.717, 1.165) is 17.0 Å². The fourth-order valence-corrected chi connectivity index (χ4v) is 2.19. The Kier molecular flexibility index (Phi) is 4.39. The minimum Gasteiger partial charge on any atom is -0.365 e. The number of carbonyl (C=O) groups excluding carboxylic acids is 1. The van der Waals surface area contributed by atoms with Gasteiger partial charge in [0.15, 0.2) is 17.4 Å². The molecule has 0 aliphatic carbocycles. The quantitative estimate of drug-likeness (QED) is 0.779. The average Bonchev–Trinajstić information content (AvgIpc) is 2.91. The van der Waals surface area contributed by atoms with E-state index in [2.05, 4.69) is 0 Å². The van der Waals surface area contributed by atoms with Crippen molar-refractivity contribution >= 4 is 17.1 Å². The van der Waals surface area contributed by atoms with Crippen molar-refractivity contribution in [2.45, 2.75) is 19.6 Å². The standard InChI is InChI=1S/C14H12F2O2S/c1-9(18-8-11-3-2-6-19-11)14(17)10-4-5-12(15)13(16)7-10/h2-7,9H,8H2,1H3. The number of rotatable bonds is 5. The molecule has 1 aromatic carbocycles. The summed E-state index contributed by atoms with van der Waals surface area (Å²) >= 11 is 1.53. The highest BCUT2D eigenvalue weighted by Gasteiger charge is 2.17. The third-order valence-electron chi connectivity index (χ3n) is 2.63. The second kappa shape index (κ2) is 6.04. The second-order valence-electron chi connectivity index (χ2n) is 4.03. The van der Waals surface area contributed by atoms with E-state index in [4.69, 9.17) is 4.74 Å². The maximum atomic E-state index is 13.0. The van der Waals surface area contributed by atoms with Crippen LogP contribution in [0.15, 0.2) is 35.7 Å². The van der Waals surface area contributed by atoms with Gasteiger partial charge in [0.2, 0.25) is 0 Å². The van der Waals surface area contributed by atoms with E-state index in [0.29, 0.717) is 6.61 Å². The first-order valence-electron chi connectivity index (χ1n) is 5.71. The van der Waals surface area contributed by atoms with Crippen LogP contribution >= 0.6 is 11.3 Å². The number of ether oxygens (including phenoxy) is 1. The molecule has 0 fully saturated rings. The number of hydrogen-bond acceptors (Lipinski definition) is 3. The van der Waals surface area contributed by atoms with Gasteiger partial charge in [-0.05, 0) is 36.6 Å². The molecular weight excluding hydrogens is 270 g/mol. The predicted octanol–water partition coefficient (Wildman–Crippen LogP) is 3.81. The number of hydrogen-bond donors (Lipinski definition) is 0. The Bertz CT molecular complexity index is 567. The largest absolute Gasteiger partial charge is 0.365 e. The second-order valence-corrected chi connectivity index (χ2v) is 5.06. The molecule has 1 atom stereocenters. The molecule has 0 aliphatic heterocycles. The number of Topliss-reactive ketones (excluding diaryl/α,β-unsaturated/α-hetero) is 1. The van der Waals surface area contributed by atoms with Crippen molar-refractivity contribution < 1.29 is 18.3 Å². The predicted molar refractivity (Wildman–Crippen MR) is 69.3 cm³/mol. The van der Waals surface area contributed by atoms with Crippen LogP contribution in [0.3, 0.4) is 0 Å². The van der Waals surface area contributed by atoms with Crippen LogP contribution in [-0.4, -0.2) is 11.9 Å². The van der Waals surface area contributed by atoms with Crippen LogP contribution in [0.1, 0.15) is 22.2 Å². The van der Waals surface area contributed by atoms with E-state index in [1.54, 1.807) is 6.92 Å². The normalized spacial score (nSPS) is 12.4. The first kappa shape index (κ1) is 13.8. The number of halogens is 2. The zero-order valence-electron chi connectivity index (χ0n) is 10.2. The summed E-state index contributed by atoms with van der Waals surface area (Å²) in [4.78, 5) is 13.0. The minimum atomic E-state index is -1.03. The van der Waals surface area contributed by atoms with Gasteiger partial charge in [-0.3, -0.25) is 4.79 Å². The van der Waals surface area contributed by atoms with Gasteiger partial charge in [-0.15, -0.1) is 11.3 Å². The molecule has 0 bridgehead atoms. The Morgan fingerprint density at radius 1 is 1.32 bits per heavy atom. The van der Waals surface area contributed by atoms with Gasteiger partial charge >= 0.3 is 0 Å². The van der Waals surface area contributed by atoms with Crippen molar-refractivity contribution in [3.63, 3.8) is 0 Å². The molecule has 0 amide bonds. The average molecular weight is 282 g/mol. The third-order valence-corrected chi connectivity index (χ3v) is 3.48. The lowest BCUT2D eigenvalue weighted by Gasteiger charge is -2.11. The van der Waals surface area contributed by atoms with Crippen molar-refractivity contribution in [3.05, 3.63) is 57.8 Å². The summed E-state index contributed by atoms with van der Waals surface area (Å²) in [6, 6.07) is 6.88. The maximum absolute atomic E-state index is 13.0. The van der Waals surface area contributed by atoms with Crippen LogP contribution in [0.5, 0.6) is 0 Å². The van der Waals surface area contributed by atoms with Crippen LogP contribution in [0, 0.1) is 11.6 Å². The maximum Gasteiger partial charge on any atom is 0.191 e. The molecule has 5 heteroatoms. The van der Waals surface area contributed by atoms with Crippen molar-refractivity contribution in [2.75, 3.05) is 0 Å². The Labute approximate surface area is 113 Å². The summed E-state index contributed by atoms with van der Waals surface area (Å²) in [5.74, 6) is -2.37. The highest BCUT2D eigenvalue weighted by atomic mass is 32.1. The van der Waals surface area contributed by atoms with E-state index in [1.807, 2.05) is 17.5 Å². The lowest BCUT2D eigenvalue weighted by Crippen LogP contribution is -2.20. The molecule has 2 nitrogen and oxygen atoms in total. The zero-order chi connectivity index (χ0) is 13.8. The van der Waals surface area contributed by atoms with E-state index in [9.17, 15) is 13.6 Å². The van der Waals surface area contributed by atoms with E-state index >= 15 is 0 Å². The van der Waals surface area contributed by atoms with Crippen LogP contribution in [0.25, 0.3) is 0 Å².